The molecule has 0 bridgehead atoms. The van der Waals surface area contributed by atoms with E-state index < -0.39 is 5.82 Å². The summed E-state index contributed by atoms with van der Waals surface area (Å²) in [6.45, 7) is 4.56. The molecule has 0 spiro atoms. The van der Waals surface area contributed by atoms with Gasteiger partial charge in [-0.3, -0.25) is 4.68 Å². The molecule has 9 heteroatoms. The zero-order valence-corrected chi connectivity index (χ0v) is 22.6. The van der Waals surface area contributed by atoms with Gasteiger partial charge in [-0.05, 0) is 61.9 Å². The minimum atomic E-state index is -0.498. The molecule has 0 aliphatic heterocycles. The van der Waals surface area contributed by atoms with Crippen LogP contribution in [0.5, 0.6) is 5.75 Å². The Hall–Kier alpha value is -3.75. The summed E-state index contributed by atoms with van der Waals surface area (Å²) in [7, 11) is 1.63. The lowest BCUT2D eigenvalue weighted by atomic mass is 10.2. The summed E-state index contributed by atoms with van der Waals surface area (Å²) in [6, 6.07) is 18.4. The van der Waals surface area contributed by atoms with E-state index >= 15 is 4.39 Å². The van der Waals surface area contributed by atoms with Crippen LogP contribution in [-0.2, 0) is 11.3 Å². The third-order valence-electron chi connectivity index (χ3n) is 6.15. The minimum absolute atomic E-state index is 0.0442. The van der Waals surface area contributed by atoms with E-state index in [4.69, 9.17) is 21.1 Å². The number of benzene rings is 3. The van der Waals surface area contributed by atoms with Gasteiger partial charge in [0.2, 0.25) is 0 Å². The lowest BCUT2D eigenvalue weighted by molar-refractivity contribution is 0.0526. The third-order valence-corrected chi connectivity index (χ3v) is 7.65. The summed E-state index contributed by atoms with van der Waals surface area (Å²) < 4.78 is 29.5. The van der Waals surface area contributed by atoms with E-state index in [0.29, 0.717) is 29.9 Å². The molecular formula is C29H25ClFN3O3S. The summed E-state index contributed by atoms with van der Waals surface area (Å²) in [5.74, 6) is -0.0898. The zero-order valence-electron chi connectivity index (χ0n) is 21.1. The molecule has 6 nitrogen and oxygen atoms in total. The number of carbonyl (C=O) groups excluding carboxylic acids is 1. The highest BCUT2D eigenvalue weighted by molar-refractivity contribution is 7.99. The fourth-order valence-electron chi connectivity index (χ4n) is 4.35. The van der Waals surface area contributed by atoms with Crippen LogP contribution in [0.25, 0.3) is 16.6 Å². The van der Waals surface area contributed by atoms with Crippen molar-refractivity contribution in [2.45, 2.75) is 30.2 Å². The third kappa shape index (κ3) is 5.01. The molecule has 0 saturated carbocycles. The van der Waals surface area contributed by atoms with E-state index in [1.165, 1.54) is 11.8 Å². The van der Waals surface area contributed by atoms with Gasteiger partial charge in [-0.1, -0.05) is 41.6 Å². The van der Waals surface area contributed by atoms with E-state index in [9.17, 15) is 4.79 Å². The molecule has 2 heterocycles. The molecule has 5 aromatic rings. The Labute approximate surface area is 228 Å². The van der Waals surface area contributed by atoms with E-state index in [-0.39, 0.29) is 11.0 Å². The predicted octanol–water partition coefficient (Wildman–Crippen LogP) is 7.31. The van der Waals surface area contributed by atoms with Crippen LogP contribution in [0.4, 0.5) is 4.39 Å². The number of hydrogen-bond acceptors (Lipinski definition) is 5. The number of fused-ring (bicyclic) bond motifs is 1. The number of methoxy groups -OCH3 is 1. The summed E-state index contributed by atoms with van der Waals surface area (Å²) in [4.78, 5) is 13.9. The maximum atomic E-state index is 15.5. The van der Waals surface area contributed by atoms with Crippen molar-refractivity contribution in [3.63, 3.8) is 0 Å². The molecule has 38 heavy (non-hydrogen) atoms. The van der Waals surface area contributed by atoms with Crippen molar-refractivity contribution in [2.75, 3.05) is 13.7 Å². The summed E-state index contributed by atoms with van der Waals surface area (Å²) >= 11 is 7.67. The van der Waals surface area contributed by atoms with Crippen LogP contribution >= 0.6 is 23.4 Å². The highest BCUT2D eigenvalue weighted by Crippen LogP contribution is 2.42. The summed E-state index contributed by atoms with van der Waals surface area (Å²) in [6.07, 6.45) is 3.60. The van der Waals surface area contributed by atoms with Crippen LogP contribution in [-0.4, -0.2) is 34.0 Å². The molecular weight excluding hydrogens is 525 g/mol. The first-order chi connectivity index (χ1) is 18.4. The molecule has 0 atom stereocenters. The van der Waals surface area contributed by atoms with Gasteiger partial charge in [-0.15, -0.1) is 0 Å². The largest absolute Gasteiger partial charge is 0.497 e. The average molecular weight is 550 g/mol. The summed E-state index contributed by atoms with van der Waals surface area (Å²) in [5.41, 5.74) is 3.45. The van der Waals surface area contributed by atoms with Gasteiger partial charge < -0.3 is 14.0 Å². The first kappa shape index (κ1) is 25.9. The molecule has 0 fully saturated rings. The van der Waals surface area contributed by atoms with Gasteiger partial charge in [0.25, 0.3) is 0 Å². The molecule has 3 aromatic carbocycles. The topological polar surface area (TPSA) is 58.3 Å². The van der Waals surface area contributed by atoms with Crippen LogP contribution in [0.3, 0.4) is 0 Å². The Bertz CT molecular complexity index is 1630. The maximum absolute atomic E-state index is 15.5. The number of nitrogens with zero attached hydrogens (tertiary/aromatic N) is 3. The van der Waals surface area contributed by atoms with Crippen molar-refractivity contribution in [3.05, 3.63) is 101 Å². The number of rotatable bonds is 8. The Morgan fingerprint density at radius 1 is 1.13 bits per heavy atom. The second-order valence-electron chi connectivity index (χ2n) is 8.60. The van der Waals surface area contributed by atoms with Crippen molar-refractivity contribution in [2.24, 2.45) is 0 Å². The molecule has 0 N–H and O–H groups in total. The Morgan fingerprint density at radius 3 is 2.66 bits per heavy atom. The van der Waals surface area contributed by atoms with Gasteiger partial charge in [-0.2, -0.15) is 5.10 Å². The van der Waals surface area contributed by atoms with Gasteiger partial charge in [0, 0.05) is 27.1 Å². The molecule has 0 aliphatic carbocycles. The van der Waals surface area contributed by atoms with Gasteiger partial charge in [-0.25, -0.2) is 9.18 Å². The fraction of sp³-hybridized carbons (Fsp3) is 0.172. The van der Waals surface area contributed by atoms with Crippen molar-refractivity contribution in [1.29, 1.82) is 0 Å². The number of aromatic nitrogens is 3. The maximum Gasteiger partial charge on any atom is 0.338 e. The molecule has 5 rings (SSSR count). The van der Waals surface area contributed by atoms with Gasteiger partial charge in [0.05, 0.1) is 48.2 Å². The number of halogens is 2. The van der Waals surface area contributed by atoms with E-state index in [2.05, 4.69) is 5.10 Å². The smallest absolute Gasteiger partial charge is 0.338 e. The number of esters is 1. The molecule has 0 unspecified atom stereocenters. The van der Waals surface area contributed by atoms with Crippen molar-refractivity contribution in [3.8, 4) is 11.4 Å². The summed E-state index contributed by atoms with van der Waals surface area (Å²) in [5, 5.41) is 5.29. The van der Waals surface area contributed by atoms with Crippen LogP contribution in [0.1, 0.15) is 28.5 Å². The molecule has 0 aliphatic rings. The first-order valence-electron chi connectivity index (χ1n) is 12.0. The van der Waals surface area contributed by atoms with Gasteiger partial charge in [0.1, 0.15) is 5.75 Å². The second-order valence-corrected chi connectivity index (χ2v) is 10.1. The van der Waals surface area contributed by atoms with Crippen LogP contribution in [0, 0.1) is 12.7 Å². The Kier molecular flexibility index (Phi) is 7.44. The standard InChI is InChI=1S/C29H25ClFN3O3S/c1-4-37-29(35)20-6-5-7-23(14-20)38-28-18(2)34(27-24(28)12-13-25(30)26(27)31)21-15-32-33(17-21)16-19-8-10-22(36-3)11-9-19/h5-15,17H,4,16H2,1-3H3. The number of ether oxygens (including phenoxy) is 2. The van der Waals surface area contributed by atoms with Gasteiger partial charge in [0.15, 0.2) is 5.82 Å². The minimum Gasteiger partial charge on any atom is -0.497 e. The number of carbonyl (C=O) groups is 1. The molecule has 194 valence electrons. The SMILES string of the molecule is CCOC(=O)c1cccc(Sc2c(C)n(-c3cnn(Cc4ccc(OC)cc4)c3)c3c(F)c(Cl)ccc23)c1. The Morgan fingerprint density at radius 2 is 1.92 bits per heavy atom. The lowest BCUT2D eigenvalue weighted by Crippen LogP contribution is -2.04. The predicted molar refractivity (Wildman–Crippen MR) is 147 cm³/mol. The molecule has 0 saturated heterocycles. The quantitative estimate of drug-likeness (QED) is 0.190. The van der Waals surface area contributed by atoms with Gasteiger partial charge >= 0.3 is 5.97 Å². The Balaban J connectivity index is 1.54. The highest BCUT2D eigenvalue weighted by Gasteiger charge is 2.22. The van der Waals surface area contributed by atoms with Crippen molar-refractivity contribution >= 4 is 40.2 Å². The van der Waals surface area contributed by atoms with E-state index in [0.717, 1.165) is 32.2 Å². The molecule has 0 radical (unpaired) electrons. The monoisotopic (exact) mass is 549 g/mol. The van der Waals surface area contributed by atoms with E-state index in [1.807, 2.05) is 60.2 Å². The second kappa shape index (κ2) is 10.9. The first-order valence-corrected chi connectivity index (χ1v) is 13.2. The number of hydrogen-bond donors (Lipinski definition) is 0. The lowest BCUT2D eigenvalue weighted by Gasteiger charge is -2.08. The highest BCUT2D eigenvalue weighted by atomic mass is 35.5. The normalized spacial score (nSPS) is 11.2. The molecule has 2 aromatic heterocycles. The average Bonchev–Trinajstić information content (AvgIpc) is 3.49. The van der Waals surface area contributed by atoms with Crippen LogP contribution in [0.2, 0.25) is 5.02 Å². The van der Waals surface area contributed by atoms with Crippen molar-refractivity contribution in [1.82, 2.24) is 14.3 Å². The van der Waals surface area contributed by atoms with E-state index in [1.54, 1.807) is 43.1 Å². The fourth-order valence-corrected chi connectivity index (χ4v) is 5.58. The zero-order chi connectivity index (χ0) is 26.8. The van der Waals surface area contributed by atoms with Crippen molar-refractivity contribution < 1.29 is 18.7 Å². The molecule has 0 amide bonds. The van der Waals surface area contributed by atoms with Crippen LogP contribution in [0.15, 0.2) is 82.8 Å². The van der Waals surface area contributed by atoms with Crippen LogP contribution < -0.4 is 4.74 Å².